The van der Waals surface area contributed by atoms with Crippen LogP contribution in [0.15, 0.2) is 65.6 Å². The average molecular weight is 480 g/mol. The molecule has 3 aromatic carbocycles. The number of alkyl halides is 3. The van der Waals surface area contributed by atoms with Crippen molar-refractivity contribution in [1.82, 2.24) is 0 Å². The largest absolute Gasteiger partial charge is 0.393 e. The minimum atomic E-state index is -4.32. The molecule has 0 amide bonds. The number of benzene rings is 3. The van der Waals surface area contributed by atoms with E-state index in [2.05, 4.69) is 5.32 Å². The van der Waals surface area contributed by atoms with E-state index in [1.165, 1.54) is 12.1 Å². The van der Waals surface area contributed by atoms with E-state index in [0.29, 0.717) is 18.5 Å². The molecule has 0 radical (unpaired) electrons. The van der Waals surface area contributed by atoms with Crippen LogP contribution in [0.1, 0.15) is 29.2 Å². The van der Waals surface area contributed by atoms with Gasteiger partial charge in [-0.05, 0) is 58.9 Å². The minimum absolute atomic E-state index is 0.00892. The van der Waals surface area contributed by atoms with E-state index < -0.39 is 21.6 Å². The Labute approximate surface area is 189 Å². The highest BCUT2D eigenvalue weighted by atomic mass is 35.7. The first-order valence-electron chi connectivity index (χ1n) is 10.1. The van der Waals surface area contributed by atoms with E-state index in [4.69, 9.17) is 10.7 Å². The molecule has 0 aliphatic heterocycles. The molecule has 0 saturated heterocycles. The molecule has 0 aromatic heterocycles. The van der Waals surface area contributed by atoms with Crippen LogP contribution >= 0.6 is 10.7 Å². The SMILES string of the molecule is C[C@H](Cc1ccc(S(=O)(=O)Cl)cc1)Nc1c(CC(F)(F)F)ccc2c1Cc1ccccc1-2. The molecule has 3 aromatic rings. The van der Waals surface area contributed by atoms with Crippen molar-refractivity contribution in [3.63, 3.8) is 0 Å². The van der Waals surface area contributed by atoms with Gasteiger partial charge in [-0.3, -0.25) is 0 Å². The number of fused-ring (bicyclic) bond motifs is 3. The van der Waals surface area contributed by atoms with Crippen LogP contribution in [-0.4, -0.2) is 20.6 Å². The second-order valence-corrected chi connectivity index (χ2v) is 10.6. The Balaban J connectivity index is 1.63. The van der Waals surface area contributed by atoms with Crippen LogP contribution in [0.4, 0.5) is 18.9 Å². The summed E-state index contributed by atoms with van der Waals surface area (Å²) in [6.07, 6.45) is -4.24. The summed E-state index contributed by atoms with van der Waals surface area (Å²) in [5.74, 6) is 0. The van der Waals surface area contributed by atoms with Gasteiger partial charge in [0, 0.05) is 28.8 Å². The quantitative estimate of drug-likeness (QED) is 0.328. The van der Waals surface area contributed by atoms with Crippen molar-refractivity contribution in [3.05, 3.63) is 82.9 Å². The molecule has 3 nitrogen and oxygen atoms in total. The summed E-state index contributed by atoms with van der Waals surface area (Å²) >= 11 is 0. The van der Waals surface area contributed by atoms with E-state index in [1.807, 2.05) is 31.2 Å². The second kappa shape index (κ2) is 8.45. The van der Waals surface area contributed by atoms with Crippen molar-refractivity contribution in [2.24, 2.45) is 0 Å². The normalized spacial score (nSPS) is 14.0. The summed E-state index contributed by atoms with van der Waals surface area (Å²) in [6, 6.07) is 17.2. The lowest BCUT2D eigenvalue weighted by Crippen LogP contribution is -2.22. The fourth-order valence-electron chi connectivity index (χ4n) is 4.24. The molecule has 4 rings (SSSR count). The van der Waals surface area contributed by atoms with Gasteiger partial charge < -0.3 is 5.32 Å². The van der Waals surface area contributed by atoms with Gasteiger partial charge >= 0.3 is 6.18 Å². The highest BCUT2D eigenvalue weighted by Crippen LogP contribution is 2.43. The molecule has 0 unspecified atom stereocenters. The summed E-state index contributed by atoms with van der Waals surface area (Å²) in [6.45, 7) is 1.89. The van der Waals surface area contributed by atoms with Crippen LogP contribution in [0.2, 0.25) is 0 Å². The highest BCUT2D eigenvalue weighted by molar-refractivity contribution is 8.13. The van der Waals surface area contributed by atoms with E-state index in [1.54, 1.807) is 24.3 Å². The Bertz CT molecular complexity index is 1260. The van der Waals surface area contributed by atoms with E-state index in [0.717, 1.165) is 27.8 Å². The predicted octanol–water partition coefficient (Wildman–Crippen LogP) is 6.33. The van der Waals surface area contributed by atoms with Gasteiger partial charge in [-0.25, -0.2) is 8.42 Å². The lowest BCUT2D eigenvalue weighted by molar-refractivity contribution is -0.127. The standard InChI is InChI=1S/C24H21ClF3NO2S/c1-15(12-16-6-9-19(10-7-16)32(25,30)31)29-23-18(14-24(26,27)28)8-11-21-20-5-3-2-4-17(20)13-22(21)23/h2-11,15,29H,12-14H2,1H3/t15-/m1/s1. The molecule has 0 spiro atoms. The van der Waals surface area contributed by atoms with Gasteiger partial charge in [0.05, 0.1) is 11.3 Å². The fraction of sp³-hybridized carbons (Fsp3) is 0.250. The second-order valence-electron chi connectivity index (χ2n) is 8.08. The zero-order valence-corrected chi connectivity index (χ0v) is 18.8. The Hall–Kier alpha value is -2.51. The summed E-state index contributed by atoms with van der Waals surface area (Å²) in [5, 5.41) is 3.32. The van der Waals surface area contributed by atoms with Gasteiger partial charge in [0.1, 0.15) is 0 Å². The maximum atomic E-state index is 13.3. The van der Waals surface area contributed by atoms with E-state index in [-0.39, 0.29) is 16.5 Å². The molecule has 1 atom stereocenters. The third kappa shape index (κ3) is 4.94. The van der Waals surface area contributed by atoms with Crippen LogP contribution in [0.25, 0.3) is 11.1 Å². The van der Waals surface area contributed by atoms with Crippen LogP contribution in [0, 0.1) is 0 Å². The van der Waals surface area contributed by atoms with Crippen molar-refractivity contribution < 1.29 is 21.6 Å². The molecule has 0 bridgehead atoms. The van der Waals surface area contributed by atoms with Crippen molar-refractivity contribution in [2.45, 2.75) is 43.3 Å². The van der Waals surface area contributed by atoms with Crippen molar-refractivity contribution in [1.29, 1.82) is 0 Å². The van der Waals surface area contributed by atoms with Gasteiger partial charge in [-0.15, -0.1) is 0 Å². The molecule has 168 valence electrons. The molecule has 0 saturated carbocycles. The third-order valence-corrected chi connectivity index (χ3v) is 6.97. The van der Waals surface area contributed by atoms with Crippen molar-refractivity contribution in [2.75, 3.05) is 5.32 Å². The number of nitrogens with one attached hydrogen (secondary N) is 1. The smallest absolute Gasteiger partial charge is 0.382 e. The summed E-state index contributed by atoms with van der Waals surface area (Å²) in [4.78, 5) is 0.00892. The Morgan fingerprint density at radius 3 is 2.34 bits per heavy atom. The molecule has 32 heavy (non-hydrogen) atoms. The predicted molar refractivity (Wildman–Crippen MR) is 121 cm³/mol. The zero-order valence-electron chi connectivity index (χ0n) is 17.2. The number of anilines is 1. The van der Waals surface area contributed by atoms with E-state index >= 15 is 0 Å². The Morgan fingerprint density at radius 2 is 1.69 bits per heavy atom. The molecular weight excluding hydrogens is 459 g/mol. The van der Waals surface area contributed by atoms with Crippen molar-refractivity contribution >= 4 is 25.4 Å². The molecular formula is C24H21ClF3NO2S. The first kappa shape index (κ1) is 22.7. The summed E-state index contributed by atoms with van der Waals surface area (Å²) in [5.41, 5.74) is 5.58. The Morgan fingerprint density at radius 1 is 1.00 bits per heavy atom. The molecule has 8 heteroatoms. The summed E-state index contributed by atoms with van der Waals surface area (Å²) < 4.78 is 62.6. The number of hydrogen-bond donors (Lipinski definition) is 1. The van der Waals surface area contributed by atoms with Crippen LogP contribution in [-0.2, 0) is 28.3 Å². The third-order valence-electron chi connectivity index (χ3n) is 5.60. The average Bonchev–Trinajstić information content (AvgIpc) is 3.07. The topological polar surface area (TPSA) is 46.2 Å². The Kier molecular flexibility index (Phi) is 5.98. The fourth-order valence-corrected chi connectivity index (χ4v) is 5.01. The van der Waals surface area contributed by atoms with Crippen LogP contribution < -0.4 is 5.32 Å². The van der Waals surface area contributed by atoms with Crippen LogP contribution in [0.3, 0.4) is 0 Å². The maximum absolute atomic E-state index is 13.3. The molecule has 1 aliphatic rings. The first-order chi connectivity index (χ1) is 15.0. The van der Waals surface area contributed by atoms with E-state index in [9.17, 15) is 21.6 Å². The summed E-state index contributed by atoms with van der Waals surface area (Å²) in [7, 11) is 1.55. The maximum Gasteiger partial charge on any atom is 0.393 e. The number of hydrogen-bond acceptors (Lipinski definition) is 3. The van der Waals surface area contributed by atoms with Gasteiger partial charge in [0.15, 0.2) is 0 Å². The van der Waals surface area contributed by atoms with Gasteiger partial charge in [0.2, 0.25) is 0 Å². The van der Waals surface area contributed by atoms with Gasteiger partial charge in [0.25, 0.3) is 9.05 Å². The highest BCUT2D eigenvalue weighted by Gasteiger charge is 2.31. The molecule has 0 heterocycles. The monoisotopic (exact) mass is 479 g/mol. The molecule has 1 aliphatic carbocycles. The zero-order chi connectivity index (χ0) is 23.1. The molecule has 1 N–H and O–H groups in total. The van der Waals surface area contributed by atoms with Gasteiger partial charge in [-0.2, -0.15) is 13.2 Å². The van der Waals surface area contributed by atoms with Crippen molar-refractivity contribution in [3.8, 4) is 11.1 Å². The van der Waals surface area contributed by atoms with Crippen LogP contribution in [0.5, 0.6) is 0 Å². The lowest BCUT2D eigenvalue weighted by atomic mass is 9.97. The lowest BCUT2D eigenvalue weighted by Gasteiger charge is -2.22. The number of halogens is 4. The first-order valence-corrected chi connectivity index (χ1v) is 12.4. The minimum Gasteiger partial charge on any atom is -0.382 e. The van der Waals surface area contributed by atoms with Gasteiger partial charge in [-0.1, -0.05) is 48.5 Å². The molecule has 0 fully saturated rings. The number of rotatable bonds is 6.